The van der Waals surface area contributed by atoms with Crippen LogP contribution in [0.2, 0.25) is 5.02 Å². The maximum Gasteiger partial charge on any atom is 0.152 e. The molecule has 2 saturated carbocycles. The summed E-state index contributed by atoms with van der Waals surface area (Å²) in [6.45, 7) is 1.92. The summed E-state index contributed by atoms with van der Waals surface area (Å²) in [6.07, 6.45) is 5.25. The molecule has 0 amide bonds. The van der Waals surface area contributed by atoms with Crippen molar-refractivity contribution < 1.29 is 9.59 Å². The highest BCUT2D eigenvalue weighted by Crippen LogP contribution is 2.55. The number of fused-ring (bicyclic) bond motifs is 5. The zero-order chi connectivity index (χ0) is 14.0. The fraction of sp³-hybridized carbons (Fsp3) is 0.412. The molecule has 4 atom stereocenters. The highest BCUT2D eigenvalue weighted by atomic mass is 35.5. The highest BCUT2D eigenvalue weighted by molar-refractivity contribution is 6.30. The summed E-state index contributed by atoms with van der Waals surface area (Å²) in [5, 5.41) is 0.645. The lowest BCUT2D eigenvalue weighted by molar-refractivity contribution is -0.125. The standard InChI is InChI=1S/C17H15ClO2/c1-8-6-11(18)4-5-12(8)15-16(19)13-9-2-3-10(7-9)14(13)17(15)20/h2-6,9-10,13-15H,7H2,1H3. The topological polar surface area (TPSA) is 34.1 Å². The molecule has 4 unspecified atom stereocenters. The van der Waals surface area contributed by atoms with E-state index in [2.05, 4.69) is 12.2 Å². The van der Waals surface area contributed by atoms with Gasteiger partial charge >= 0.3 is 0 Å². The summed E-state index contributed by atoms with van der Waals surface area (Å²) in [7, 11) is 0. The molecule has 0 aromatic heterocycles. The maximum absolute atomic E-state index is 12.7. The third kappa shape index (κ3) is 1.46. The molecule has 3 aliphatic rings. The molecular formula is C17H15ClO2. The minimum atomic E-state index is -0.563. The number of hydrogen-bond acceptors (Lipinski definition) is 2. The van der Waals surface area contributed by atoms with Crippen molar-refractivity contribution in [1.82, 2.24) is 0 Å². The van der Waals surface area contributed by atoms with Crippen LogP contribution in [0.5, 0.6) is 0 Å². The van der Waals surface area contributed by atoms with Gasteiger partial charge in [0.1, 0.15) is 5.92 Å². The van der Waals surface area contributed by atoms with E-state index in [1.807, 2.05) is 19.1 Å². The van der Waals surface area contributed by atoms with Crippen LogP contribution < -0.4 is 0 Å². The molecule has 0 radical (unpaired) electrons. The van der Waals surface area contributed by atoms with E-state index in [0.29, 0.717) is 16.9 Å². The molecular weight excluding hydrogens is 272 g/mol. The van der Waals surface area contributed by atoms with Crippen molar-refractivity contribution in [3.8, 4) is 0 Å². The van der Waals surface area contributed by atoms with Crippen molar-refractivity contribution in [3.05, 3.63) is 46.5 Å². The Bertz CT molecular complexity index is 631. The van der Waals surface area contributed by atoms with Crippen molar-refractivity contribution in [2.24, 2.45) is 23.7 Å². The predicted molar refractivity (Wildman–Crippen MR) is 76.7 cm³/mol. The second-order valence-corrected chi connectivity index (χ2v) is 6.67. The third-order valence-corrected chi connectivity index (χ3v) is 5.46. The molecule has 0 spiro atoms. The zero-order valence-corrected chi connectivity index (χ0v) is 11.9. The van der Waals surface area contributed by atoms with E-state index >= 15 is 0 Å². The Morgan fingerprint density at radius 1 is 1.05 bits per heavy atom. The molecule has 3 heteroatoms. The lowest BCUT2D eigenvalue weighted by atomic mass is 9.85. The van der Waals surface area contributed by atoms with Gasteiger partial charge in [0.25, 0.3) is 0 Å². The average Bonchev–Trinajstić information content (AvgIpc) is 3.06. The zero-order valence-electron chi connectivity index (χ0n) is 11.2. The predicted octanol–water partition coefficient (Wildman–Crippen LogP) is 3.32. The molecule has 2 fully saturated rings. The summed E-state index contributed by atoms with van der Waals surface area (Å²) in [5.74, 6) is 0.130. The fourth-order valence-corrected chi connectivity index (χ4v) is 4.62. The van der Waals surface area contributed by atoms with Gasteiger partial charge in [-0.2, -0.15) is 0 Å². The van der Waals surface area contributed by atoms with Crippen molar-refractivity contribution in [2.75, 3.05) is 0 Å². The molecule has 102 valence electrons. The Balaban J connectivity index is 1.78. The van der Waals surface area contributed by atoms with Gasteiger partial charge in [0.15, 0.2) is 11.6 Å². The molecule has 2 bridgehead atoms. The molecule has 1 aromatic carbocycles. The second-order valence-electron chi connectivity index (χ2n) is 6.24. The van der Waals surface area contributed by atoms with Crippen molar-refractivity contribution in [1.29, 1.82) is 0 Å². The van der Waals surface area contributed by atoms with E-state index in [4.69, 9.17) is 11.6 Å². The number of carbonyl (C=O) groups excluding carboxylic acids is 2. The number of allylic oxidation sites excluding steroid dienone is 2. The Hall–Kier alpha value is -1.41. The van der Waals surface area contributed by atoms with E-state index in [9.17, 15) is 9.59 Å². The maximum atomic E-state index is 12.7. The van der Waals surface area contributed by atoms with Gasteiger partial charge in [-0.15, -0.1) is 0 Å². The fourth-order valence-electron chi connectivity index (χ4n) is 4.39. The molecule has 20 heavy (non-hydrogen) atoms. The summed E-state index contributed by atoms with van der Waals surface area (Å²) >= 11 is 5.97. The number of hydrogen-bond donors (Lipinski definition) is 0. The third-order valence-electron chi connectivity index (χ3n) is 5.23. The van der Waals surface area contributed by atoms with E-state index in [1.165, 1.54) is 0 Å². The first-order valence-electron chi connectivity index (χ1n) is 7.10. The Morgan fingerprint density at radius 3 is 2.20 bits per heavy atom. The first-order chi connectivity index (χ1) is 9.58. The average molecular weight is 287 g/mol. The number of ketones is 2. The molecule has 0 heterocycles. The summed E-state index contributed by atoms with van der Waals surface area (Å²) < 4.78 is 0. The van der Waals surface area contributed by atoms with E-state index in [0.717, 1.165) is 17.5 Å². The molecule has 0 N–H and O–H groups in total. The Labute approximate surface area is 122 Å². The van der Waals surface area contributed by atoms with Gasteiger partial charge in [0.2, 0.25) is 0 Å². The largest absolute Gasteiger partial charge is 0.298 e. The van der Waals surface area contributed by atoms with Gasteiger partial charge in [0.05, 0.1) is 0 Å². The van der Waals surface area contributed by atoms with Gasteiger partial charge in [0, 0.05) is 16.9 Å². The number of benzene rings is 1. The van der Waals surface area contributed by atoms with Gasteiger partial charge < -0.3 is 0 Å². The molecule has 2 nitrogen and oxygen atoms in total. The Kier molecular flexibility index (Phi) is 2.50. The van der Waals surface area contributed by atoms with E-state index in [-0.39, 0.29) is 23.4 Å². The minimum Gasteiger partial charge on any atom is -0.298 e. The molecule has 0 aliphatic heterocycles. The summed E-state index contributed by atoms with van der Waals surface area (Å²) in [4.78, 5) is 25.5. The van der Waals surface area contributed by atoms with Crippen LogP contribution in [0.3, 0.4) is 0 Å². The molecule has 4 rings (SSSR count). The van der Waals surface area contributed by atoms with Gasteiger partial charge in [-0.3, -0.25) is 9.59 Å². The van der Waals surface area contributed by atoms with Gasteiger partial charge in [-0.05, 0) is 48.4 Å². The monoisotopic (exact) mass is 286 g/mol. The van der Waals surface area contributed by atoms with Crippen LogP contribution in [-0.4, -0.2) is 11.6 Å². The number of carbonyl (C=O) groups is 2. The molecule has 0 saturated heterocycles. The number of Topliss-reactive ketones (excluding diaryl/α,β-unsaturated/α-hetero) is 2. The lowest BCUT2D eigenvalue weighted by Crippen LogP contribution is -2.21. The normalized spacial score (nSPS) is 37.8. The van der Waals surface area contributed by atoms with Crippen molar-refractivity contribution in [3.63, 3.8) is 0 Å². The summed E-state index contributed by atoms with van der Waals surface area (Å²) in [5.41, 5.74) is 1.78. The van der Waals surface area contributed by atoms with Gasteiger partial charge in [-0.25, -0.2) is 0 Å². The van der Waals surface area contributed by atoms with E-state index in [1.54, 1.807) is 6.07 Å². The summed E-state index contributed by atoms with van der Waals surface area (Å²) in [6, 6.07) is 5.44. The van der Waals surface area contributed by atoms with Crippen LogP contribution in [0.4, 0.5) is 0 Å². The van der Waals surface area contributed by atoms with Crippen LogP contribution in [0, 0.1) is 30.6 Å². The quantitative estimate of drug-likeness (QED) is 0.586. The second kappa shape index (κ2) is 4.05. The SMILES string of the molecule is Cc1cc(Cl)ccc1C1C(=O)C2C3C=CC(C3)C2C1=O. The van der Waals surface area contributed by atoms with Crippen LogP contribution >= 0.6 is 11.6 Å². The highest BCUT2D eigenvalue weighted by Gasteiger charge is 2.60. The minimum absolute atomic E-state index is 0.0717. The van der Waals surface area contributed by atoms with E-state index < -0.39 is 5.92 Å². The van der Waals surface area contributed by atoms with Crippen LogP contribution in [-0.2, 0) is 9.59 Å². The van der Waals surface area contributed by atoms with Crippen molar-refractivity contribution >= 4 is 23.2 Å². The number of halogens is 1. The Morgan fingerprint density at radius 2 is 1.65 bits per heavy atom. The van der Waals surface area contributed by atoms with Crippen LogP contribution in [0.25, 0.3) is 0 Å². The molecule has 3 aliphatic carbocycles. The lowest BCUT2D eigenvalue weighted by Gasteiger charge is -2.16. The number of rotatable bonds is 1. The van der Waals surface area contributed by atoms with Crippen molar-refractivity contribution in [2.45, 2.75) is 19.3 Å². The first-order valence-corrected chi connectivity index (χ1v) is 7.47. The van der Waals surface area contributed by atoms with Gasteiger partial charge in [-0.1, -0.05) is 29.8 Å². The first kappa shape index (κ1) is 12.3. The molecule has 1 aromatic rings. The smallest absolute Gasteiger partial charge is 0.152 e. The number of aryl methyl sites for hydroxylation is 1. The van der Waals surface area contributed by atoms with Crippen LogP contribution in [0.1, 0.15) is 23.5 Å². The van der Waals surface area contributed by atoms with Crippen LogP contribution in [0.15, 0.2) is 30.4 Å².